The average Bonchev–Trinajstić information content (AvgIpc) is 3.58. The van der Waals surface area contributed by atoms with Gasteiger partial charge in [-0.05, 0) is 55.2 Å². The monoisotopic (exact) mass is 550 g/mol. The molecule has 0 N–H and O–H groups in total. The fourth-order valence-corrected chi connectivity index (χ4v) is 6.52. The number of rotatable bonds is 5. The van der Waals surface area contributed by atoms with Crippen molar-refractivity contribution in [2.75, 3.05) is 0 Å². The Labute approximate surface area is 244 Å². The zero-order valence-corrected chi connectivity index (χ0v) is 24.4. The molecule has 4 nitrogen and oxygen atoms in total. The maximum atomic E-state index is 5.41. The molecule has 0 atom stereocenters. The predicted molar refractivity (Wildman–Crippen MR) is 172 cm³/mol. The van der Waals surface area contributed by atoms with E-state index in [1.165, 1.54) is 11.1 Å². The first-order valence-corrected chi connectivity index (χ1v) is 14.8. The Morgan fingerprint density at radius 1 is 0.683 bits per heavy atom. The molecule has 0 bridgehead atoms. The van der Waals surface area contributed by atoms with Gasteiger partial charge < -0.3 is 0 Å². The van der Waals surface area contributed by atoms with Gasteiger partial charge >= 0.3 is 0 Å². The SMILES string of the molecule is Cc1ccc(-n2nc(C)c3c(-c4ccc(C(C)C)cc4)c(-c4nc5ccccc5s4)c(-c4ccccc4)nc32)cc1. The quantitative estimate of drug-likeness (QED) is 0.214. The van der Waals surface area contributed by atoms with Crippen molar-refractivity contribution in [1.82, 2.24) is 19.7 Å². The fourth-order valence-electron chi connectivity index (χ4n) is 5.50. The molecule has 0 spiro atoms. The summed E-state index contributed by atoms with van der Waals surface area (Å²) in [6, 6.07) is 36.3. The highest BCUT2D eigenvalue weighted by Gasteiger charge is 2.26. The van der Waals surface area contributed by atoms with Crippen LogP contribution in [0.15, 0.2) is 103 Å². The minimum Gasteiger partial charge on any atom is -0.236 e. The summed E-state index contributed by atoms with van der Waals surface area (Å²) in [4.78, 5) is 10.6. The third kappa shape index (κ3) is 4.43. The summed E-state index contributed by atoms with van der Waals surface area (Å²) in [5.41, 5.74) is 11.6. The van der Waals surface area contributed by atoms with Gasteiger partial charge in [-0.3, -0.25) is 0 Å². The van der Waals surface area contributed by atoms with Gasteiger partial charge in [0, 0.05) is 16.7 Å². The Balaban J connectivity index is 1.64. The Kier molecular flexibility index (Phi) is 6.25. The summed E-state index contributed by atoms with van der Waals surface area (Å²) in [6.07, 6.45) is 0. The molecule has 5 heteroatoms. The zero-order valence-electron chi connectivity index (χ0n) is 23.6. The highest BCUT2D eigenvalue weighted by molar-refractivity contribution is 7.21. The van der Waals surface area contributed by atoms with Gasteiger partial charge in [0.2, 0.25) is 0 Å². The lowest BCUT2D eigenvalue weighted by Crippen LogP contribution is -2.01. The van der Waals surface area contributed by atoms with E-state index in [1.54, 1.807) is 11.3 Å². The first-order chi connectivity index (χ1) is 20.0. The van der Waals surface area contributed by atoms with Crippen molar-refractivity contribution in [2.45, 2.75) is 33.6 Å². The van der Waals surface area contributed by atoms with E-state index in [0.29, 0.717) is 5.92 Å². The molecule has 0 saturated heterocycles. The largest absolute Gasteiger partial charge is 0.236 e. The minimum absolute atomic E-state index is 0.455. The van der Waals surface area contributed by atoms with Gasteiger partial charge in [-0.2, -0.15) is 5.10 Å². The molecule has 3 heterocycles. The van der Waals surface area contributed by atoms with Crippen LogP contribution in [-0.4, -0.2) is 19.7 Å². The second-order valence-electron chi connectivity index (χ2n) is 10.9. The molecular formula is C36H30N4S. The molecule has 7 aromatic rings. The van der Waals surface area contributed by atoms with Crippen LogP contribution in [0.3, 0.4) is 0 Å². The van der Waals surface area contributed by atoms with Crippen LogP contribution in [0.4, 0.5) is 0 Å². The van der Waals surface area contributed by atoms with E-state index in [0.717, 1.165) is 65.6 Å². The summed E-state index contributed by atoms with van der Waals surface area (Å²) < 4.78 is 3.15. The molecule has 41 heavy (non-hydrogen) atoms. The third-order valence-electron chi connectivity index (χ3n) is 7.69. The van der Waals surface area contributed by atoms with E-state index in [9.17, 15) is 0 Å². The second kappa shape index (κ2) is 10.1. The van der Waals surface area contributed by atoms with Gasteiger partial charge in [-0.25, -0.2) is 14.6 Å². The van der Waals surface area contributed by atoms with Crippen LogP contribution in [-0.2, 0) is 0 Å². The lowest BCUT2D eigenvalue weighted by molar-refractivity contribution is 0.867. The fraction of sp³-hybridized carbons (Fsp3) is 0.139. The van der Waals surface area contributed by atoms with Crippen LogP contribution in [0.5, 0.6) is 0 Å². The van der Waals surface area contributed by atoms with Crippen LogP contribution in [0.2, 0.25) is 0 Å². The number of nitrogens with zero attached hydrogens (tertiary/aromatic N) is 4. The van der Waals surface area contributed by atoms with Gasteiger partial charge in [0.05, 0.1) is 32.7 Å². The zero-order chi connectivity index (χ0) is 28.1. The lowest BCUT2D eigenvalue weighted by Gasteiger charge is -2.16. The average molecular weight is 551 g/mol. The molecule has 4 aromatic carbocycles. The Morgan fingerprint density at radius 2 is 1.39 bits per heavy atom. The van der Waals surface area contributed by atoms with Crippen LogP contribution >= 0.6 is 11.3 Å². The number of aromatic nitrogens is 4. The normalized spacial score (nSPS) is 11.6. The smallest absolute Gasteiger partial charge is 0.164 e. The van der Waals surface area contributed by atoms with Crippen molar-refractivity contribution >= 4 is 32.6 Å². The van der Waals surface area contributed by atoms with Crippen molar-refractivity contribution in [1.29, 1.82) is 0 Å². The molecule has 0 fully saturated rings. The highest BCUT2D eigenvalue weighted by Crippen LogP contribution is 2.46. The minimum atomic E-state index is 0.455. The van der Waals surface area contributed by atoms with E-state index < -0.39 is 0 Å². The van der Waals surface area contributed by atoms with Crippen molar-refractivity contribution in [3.05, 3.63) is 120 Å². The molecule has 0 aliphatic rings. The van der Waals surface area contributed by atoms with E-state index >= 15 is 0 Å². The molecular weight excluding hydrogens is 520 g/mol. The molecule has 3 aromatic heterocycles. The molecule has 0 unspecified atom stereocenters. The summed E-state index contributed by atoms with van der Waals surface area (Å²) in [5.74, 6) is 0.455. The van der Waals surface area contributed by atoms with E-state index in [2.05, 4.69) is 119 Å². The van der Waals surface area contributed by atoms with E-state index in [1.807, 2.05) is 16.8 Å². The predicted octanol–water partition coefficient (Wildman–Crippen LogP) is 9.77. The highest BCUT2D eigenvalue weighted by atomic mass is 32.1. The molecule has 0 radical (unpaired) electrons. The van der Waals surface area contributed by atoms with Crippen LogP contribution in [0, 0.1) is 13.8 Å². The number of hydrogen-bond acceptors (Lipinski definition) is 4. The van der Waals surface area contributed by atoms with Crippen molar-refractivity contribution in [3.63, 3.8) is 0 Å². The van der Waals surface area contributed by atoms with Gasteiger partial charge in [0.25, 0.3) is 0 Å². The molecule has 0 saturated carbocycles. The first kappa shape index (κ1) is 25.4. The van der Waals surface area contributed by atoms with Crippen molar-refractivity contribution < 1.29 is 0 Å². The van der Waals surface area contributed by atoms with Gasteiger partial charge in [0.1, 0.15) is 5.01 Å². The summed E-state index contributed by atoms with van der Waals surface area (Å²) >= 11 is 1.72. The van der Waals surface area contributed by atoms with Crippen LogP contribution < -0.4 is 0 Å². The van der Waals surface area contributed by atoms with Crippen molar-refractivity contribution in [3.8, 4) is 38.6 Å². The molecule has 7 rings (SSSR count). The Bertz CT molecular complexity index is 1980. The van der Waals surface area contributed by atoms with E-state index in [-0.39, 0.29) is 0 Å². The van der Waals surface area contributed by atoms with E-state index in [4.69, 9.17) is 15.1 Å². The topological polar surface area (TPSA) is 43.6 Å². The summed E-state index contributed by atoms with van der Waals surface area (Å²) in [7, 11) is 0. The van der Waals surface area contributed by atoms with Gasteiger partial charge in [0.15, 0.2) is 5.65 Å². The molecule has 0 amide bonds. The molecule has 0 aliphatic carbocycles. The van der Waals surface area contributed by atoms with Crippen LogP contribution in [0.1, 0.15) is 36.6 Å². The lowest BCUT2D eigenvalue weighted by atomic mass is 9.91. The number of thiazole rings is 1. The number of fused-ring (bicyclic) bond motifs is 2. The van der Waals surface area contributed by atoms with Gasteiger partial charge in [-0.1, -0.05) is 98.3 Å². The second-order valence-corrected chi connectivity index (χ2v) is 11.9. The van der Waals surface area contributed by atoms with Gasteiger partial charge in [-0.15, -0.1) is 11.3 Å². The molecule has 200 valence electrons. The Morgan fingerprint density at radius 3 is 2.10 bits per heavy atom. The number of hydrogen-bond donors (Lipinski definition) is 0. The third-order valence-corrected chi connectivity index (χ3v) is 8.74. The Hall–Kier alpha value is -4.61. The summed E-state index contributed by atoms with van der Waals surface area (Å²) in [6.45, 7) is 8.65. The molecule has 0 aliphatic heterocycles. The van der Waals surface area contributed by atoms with Crippen LogP contribution in [0.25, 0.3) is 59.9 Å². The maximum absolute atomic E-state index is 5.41. The first-order valence-electron chi connectivity index (χ1n) is 14.0. The maximum Gasteiger partial charge on any atom is 0.164 e. The van der Waals surface area contributed by atoms with Crippen molar-refractivity contribution in [2.24, 2.45) is 0 Å². The number of pyridine rings is 1. The standard InChI is InChI=1S/C36H30N4S/c1-22(2)25-16-18-26(19-17-25)32-31-24(4)39-40(28-20-14-23(3)15-21-28)35(31)38-34(27-10-6-5-7-11-27)33(32)36-37-29-12-8-9-13-30(29)41-36/h5-22H,1-4H3. The summed E-state index contributed by atoms with van der Waals surface area (Å²) in [5, 5.41) is 7.09. The number of aryl methyl sites for hydroxylation is 2. The number of para-hydroxylation sites is 1. The number of benzene rings is 4.